The summed E-state index contributed by atoms with van der Waals surface area (Å²) in [5.74, 6) is -0.0463. The van der Waals surface area contributed by atoms with Gasteiger partial charge in [0, 0.05) is 23.1 Å². The van der Waals surface area contributed by atoms with Gasteiger partial charge in [0.25, 0.3) is 11.1 Å². The van der Waals surface area contributed by atoms with Crippen LogP contribution >= 0.6 is 27.7 Å². The summed E-state index contributed by atoms with van der Waals surface area (Å²) in [6.45, 7) is 5.12. The Kier molecular flexibility index (Phi) is 6.96. The summed E-state index contributed by atoms with van der Waals surface area (Å²) in [5.41, 5.74) is 0.670. The quantitative estimate of drug-likeness (QED) is 0.468. The van der Waals surface area contributed by atoms with Crippen LogP contribution in [0.15, 0.2) is 40.2 Å². The van der Waals surface area contributed by atoms with Crippen LogP contribution < -0.4 is 4.74 Å². The minimum Gasteiger partial charge on any atom is -0.489 e. The van der Waals surface area contributed by atoms with E-state index in [-0.39, 0.29) is 17.4 Å². The van der Waals surface area contributed by atoms with E-state index in [1.54, 1.807) is 23.1 Å². The molecular weight excluding hydrogens is 444 g/mol. The van der Waals surface area contributed by atoms with E-state index in [0.717, 1.165) is 40.4 Å². The molecule has 3 rings (SSSR count). The lowest BCUT2D eigenvalue weighted by Crippen LogP contribution is -2.44. The Hall–Kier alpha value is -2.06. The lowest BCUT2D eigenvalue weighted by atomic mass is 10.1. The summed E-state index contributed by atoms with van der Waals surface area (Å²) in [4.78, 5) is 40.5. The van der Waals surface area contributed by atoms with Gasteiger partial charge in [0.05, 0.1) is 4.91 Å². The van der Waals surface area contributed by atoms with Crippen LogP contribution in [-0.4, -0.2) is 53.1 Å². The molecule has 2 aliphatic heterocycles. The van der Waals surface area contributed by atoms with Crippen LogP contribution in [0.2, 0.25) is 0 Å². The molecule has 3 amide bonds. The Morgan fingerprint density at radius 3 is 2.71 bits per heavy atom. The molecule has 2 saturated heterocycles. The number of carbonyl (C=O) groups is 3. The molecule has 0 aromatic heterocycles. The Labute approximate surface area is 176 Å². The highest BCUT2D eigenvalue weighted by Gasteiger charge is 2.37. The number of amides is 3. The number of rotatable bonds is 6. The number of benzene rings is 1. The predicted octanol–water partition coefficient (Wildman–Crippen LogP) is 4.06. The molecule has 0 spiro atoms. The Morgan fingerprint density at radius 1 is 1.25 bits per heavy atom. The van der Waals surface area contributed by atoms with Crippen molar-refractivity contribution in [3.05, 3.63) is 45.8 Å². The second-order valence-electron chi connectivity index (χ2n) is 6.49. The van der Waals surface area contributed by atoms with E-state index < -0.39 is 11.1 Å². The van der Waals surface area contributed by atoms with Gasteiger partial charge in [-0.05, 0) is 55.3 Å². The molecule has 28 heavy (non-hydrogen) atoms. The zero-order chi connectivity index (χ0) is 20.1. The molecule has 0 saturated carbocycles. The molecule has 0 aliphatic carbocycles. The third-order valence-corrected chi connectivity index (χ3v) is 5.89. The molecule has 0 atom stereocenters. The van der Waals surface area contributed by atoms with Gasteiger partial charge in [-0.15, -0.1) is 0 Å². The number of piperidine rings is 1. The van der Waals surface area contributed by atoms with Crippen molar-refractivity contribution in [1.82, 2.24) is 9.80 Å². The number of hydrogen-bond acceptors (Lipinski definition) is 5. The van der Waals surface area contributed by atoms with Crippen molar-refractivity contribution < 1.29 is 19.1 Å². The summed E-state index contributed by atoms with van der Waals surface area (Å²) in [6.07, 6.45) is 6.29. The minimum absolute atomic E-state index is 0.180. The van der Waals surface area contributed by atoms with Crippen molar-refractivity contribution in [2.45, 2.75) is 19.3 Å². The largest absolute Gasteiger partial charge is 0.489 e. The van der Waals surface area contributed by atoms with Crippen LogP contribution in [-0.2, 0) is 9.59 Å². The minimum atomic E-state index is -0.449. The standard InChI is InChI=1S/C20H21BrN2O4S/c1-2-10-27-16-7-6-15(21)11-14(16)12-17-19(25)23(20(26)28-17)13-18(24)22-8-4-3-5-9-22/h2,6-7,11-12H,1,3-5,8-10,13H2/b17-12+. The van der Waals surface area contributed by atoms with Crippen LogP contribution in [0.1, 0.15) is 24.8 Å². The van der Waals surface area contributed by atoms with E-state index in [1.807, 2.05) is 12.1 Å². The molecule has 2 fully saturated rings. The second kappa shape index (κ2) is 9.43. The molecule has 2 heterocycles. The van der Waals surface area contributed by atoms with Gasteiger partial charge >= 0.3 is 0 Å². The smallest absolute Gasteiger partial charge is 0.294 e. The normalized spacial score (nSPS) is 18.7. The van der Waals surface area contributed by atoms with Gasteiger partial charge in [-0.3, -0.25) is 19.3 Å². The highest BCUT2D eigenvalue weighted by Crippen LogP contribution is 2.35. The van der Waals surface area contributed by atoms with Crippen LogP contribution in [0.5, 0.6) is 5.75 Å². The third kappa shape index (κ3) is 4.86. The molecule has 148 valence electrons. The first kappa shape index (κ1) is 20.7. The lowest BCUT2D eigenvalue weighted by molar-refractivity contribution is -0.136. The highest BCUT2D eigenvalue weighted by molar-refractivity contribution is 9.10. The number of ether oxygens (including phenoxy) is 1. The zero-order valence-corrected chi connectivity index (χ0v) is 17.8. The highest BCUT2D eigenvalue weighted by atomic mass is 79.9. The maximum Gasteiger partial charge on any atom is 0.294 e. The summed E-state index contributed by atoms with van der Waals surface area (Å²) in [6, 6.07) is 5.42. The molecule has 0 bridgehead atoms. The topological polar surface area (TPSA) is 66.9 Å². The maximum atomic E-state index is 12.7. The SMILES string of the molecule is C=CCOc1ccc(Br)cc1/C=C1/SC(=O)N(CC(=O)N2CCCCC2)C1=O. The van der Waals surface area contributed by atoms with Crippen LogP contribution in [0.25, 0.3) is 6.08 Å². The molecule has 1 aromatic rings. The Balaban J connectivity index is 1.76. The number of thioether (sulfide) groups is 1. The first-order chi connectivity index (χ1) is 13.5. The first-order valence-corrected chi connectivity index (χ1v) is 10.7. The van der Waals surface area contributed by atoms with E-state index in [4.69, 9.17) is 4.74 Å². The number of halogens is 1. The van der Waals surface area contributed by atoms with E-state index in [9.17, 15) is 14.4 Å². The molecule has 6 nitrogen and oxygen atoms in total. The molecule has 0 N–H and O–H groups in total. The average Bonchev–Trinajstić information content (AvgIpc) is 2.95. The van der Waals surface area contributed by atoms with E-state index in [2.05, 4.69) is 22.5 Å². The maximum absolute atomic E-state index is 12.7. The van der Waals surface area contributed by atoms with Gasteiger partial charge in [-0.2, -0.15) is 0 Å². The number of nitrogens with zero attached hydrogens (tertiary/aromatic N) is 2. The number of imide groups is 1. The molecule has 8 heteroatoms. The summed E-state index contributed by atoms with van der Waals surface area (Å²) < 4.78 is 6.44. The number of carbonyl (C=O) groups excluding carboxylic acids is 3. The van der Waals surface area contributed by atoms with Crippen molar-refractivity contribution >= 4 is 50.8 Å². The molecule has 0 radical (unpaired) electrons. The van der Waals surface area contributed by atoms with Crippen molar-refractivity contribution in [3.63, 3.8) is 0 Å². The molecule has 2 aliphatic rings. The van der Waals surface area contributed by atoms with Crippen molar-refractivity contribution in [1.29, 1.82) is 0 Å². The third-order valence-electron chi connectivity index (χ3n) is 4.49. The van der Waals surface area contributed by atoms with Gasteiger partial charge < -0.3 is 9.64 Å². The second-order valence-corrected chi connectivity index (χ2v) is 8.40. The van der Waals surface area contributed by atoms with Crippen molar-refractivity contribution in [3.8, 4) is 5.75 Å². The number of likely N-dealkylation sites (tertiary alicyclic amines) is 1. The van der Waals surface area contributed by atoms with Crippen LogP contribution in [0.4, 0.5) is 4.79 Å². The monoisotopic (exact) mass is 464 g/mol. The van der Waals surface area contributed by atoms with Crippen molar-refractivity contribution in [2.24, 2.45) is 0 Å². The van der Waals surface area contributed by atoms with E-state index >= 15 is 0 Å². The van der Waals surface area contributed by atoms with Gasteiger partial charge in [-0.25, -0.2) is 0 Å². The fraction of sp³-hybridized carbons (Fsp3) is 0.350. The fourth-order valence-electron chi connectivity index (χ4n) is 3.07. The first-order valence-electron chi connectivity index (χ1n) is 9.06. The van der Waals surface area contributed by atoms with Gasteiger partial charge in [0.15, 0.2) is 0 Å². The molecular formula is C20H21BrN2O4S. The predicted molar refractivity (Wildman–Crippen MR) is 113 cm³/mol. The number of hydrogen-bond donors (Lipinski definition) is 0. The van der Waals surface area contributed by atoms with Gasteiger partial charge in [-0.1, -0.05) is 28.6 Å². The Morgan fingerprint density at radius 2 is 2.00 bits per heavy atom. The van der Waals surface area contributed by atoms with E-state index in [0.29, 0.717) is 31.0 Å². The van der Waals surface area contributed by atoms with E-state index in [1.165, 1.54) is 0 Å². The summed E-state index contributed by atoms with van der Waals surface area (Å²) in [5, 5.41) is -0.426. The van der Waals surface area contributed by atoms with Gasteiger partial charge in [0.2, 0.25) is 5.91 Å². The summed E-state index contributed by atoms with van der Waals surface area (Å²) in [7, 11) is 0. The Bertz CT molecular complexity index is 833. The van der Waals surface area contributed by atoms with Crippen LogP contribution in [0.3, 0.4) is 0 Å². The average molecular weight is 465 g/mol. The molecule has 0 unspecified atom stereocenters. The lowest BCUT2D eigenvalue weighted by Gasteiger charge is -2.27. The van der Waals surface area contributed by atoms with Gasteiger partial charge in [0.1, 0.15) is 18.9 Å². The fourth-order valence-corrected chi connectivity index (χ4v) is 4.28. The van der Waals surface area contributed by atoms with Crippen molar-refractivity contribution in [2.75, 3.05) is 26.2 Å². The molecule has 1 aromatic carbocycles. The summed E-state index contributed by atoms with van der Waals surface area (Å²) >= 11 is 4.25. The van der Waals surface area contributed by atoms with Crippen LogP contribution in [0, 0.1) is 0 Å². The zero-order valence-electron chi connectivity index (χ0n) is 15.4.